The van der Waals surface area contributed by atoms with Gasteiger partial charge in [0.25, 0.3) is 0 Å². The van der Waals surface area contributed by atoms with E-state index in [0.29, 0.717) is 5.25 Å². The predicted octanol–water partition coefficient (Wildman–Crippen LogP) is 4.61. The smallest absolute Gasteiger partial charge is 0.161 e. The molecule has 4 nitrogen and oxygen atoms in total. The monoisotopic (exact) mass is 482 g/mol. The summed E-state index contributed by atoms with van der Waals surface area (Å²) in [5.41, 5.74) is 2.47. The van der Waals surface area contributed by atoms with Crippen LogP contribution in [0.2, 0.25) is 0 Å². The van der Waals surface area contributed by atoms with Crippen LogP contribution in [0.4, 0.5) is 0 Å². The quantitative estimate of drug-likeness (QED) is 0.427. The number of aliphatic imine (C=N–C) groups is 1. The lowest BCUT2D eigenvalue weighted by molar-refractivity contribution is 0.353. The average molecular weight is 482 g/mol. The highest BCUT2D eigenvalue weighted by molar-refractivity contribution is 14.1. The van der Waals surface area contributed by atoms with Crippen LogP contribution in [0.15, 0.2) is 53.5 Å². The SMILES string of the molecule is COc1ccc(CN(Cc2ccccc2)C2=NC[C@H](CI)S2)cc1OC. The molecule has 1 aliphatic heterocycles. The molecule has 138 valence electrons. The first-order valence-electron chi connectivity index (χ1n) is 8.50. The predicted molar refractivity (Wildman–Crippen MR) is 118 cm³/mol. The number of thioether (sulfide) groups is 1. The van der Waals surface area contributed by atoms with Crippen molar-refractivity contribution in [3.63, 3.8) is 0 Å². The average Bonchev–Trinajstić information content (AvgIpc) is 3.17. The van der Waals surface area contributed by atoms with Crippen LogP contribution in [0.5, 0.6) is 11.5 Å². The fourth-order valence-corrected chi connectivity index (χ4v) is 4.61. The van der Waals surface area contributed by atoms with E-state index in [1.165, 1.54) is 11.1 Å². The summed E-state index contributed by atoms with van der Waals surface area (Å²) in [6.45, 7) is 2.53. The van der Waals surface area contributed by atoms with Crippen LogP contribution in [-0.2, 0) is 13.1 Å². The van der Waals surface area contributed by atoms with Gasteiger partial charge in [0, 0.05) is 22.8 Å². The summed E-state index contributed by atoms with van der Waals surface area (Å²) in [6.07, 6.45) is 0. The number of methoxy groups -OCH3 is 2. The zero-order valence-electron chi connectivity index (χ0n) is 15.0. The van der Waals surface area contributed by atoms with Gasteiger partial charge in [0.15, 0.2) is 16.7 Å². The first-order valence-corrected chi connectivity index (χ1v) is 10.9. The molecule has 0 aromatic heterocycles. The van der Waals surface area contributed by atoms with E-state index in [2.05, 4.69) is 63.9 Å². The molecule has 0 bridgehead atoms. The van der Waals surface area contributed by atoms with Crippen molar-refractivity contribution in [1.82, 2.24) is 4.90 Å². The van der Waals surface area contributed by atoms with E-state index in [1.54, 1.807) is 14.2 Å². The molecule has 2 aromatic carbocycles. The number of benzene rings is 2. The van der Waals surface area contributed by atoms with Crippen molar-refractivity contribution >= 4 is 39.5 Å². The molecular formula is C20H23IN2O2S. The Morgan fingerprint density at radius 3 is 2.42 bits per heavy atom. The summed E-state index contributed by atoms with van der Waals surface area (Å²) in [5.74, 6) is 1.51. The Labute approximate surface area is 173 Å². The summed E-state index contributed by atoms with van der Waals surface area (Å²) >= 11 is 4.33. The molecule has 0 saturated heterocycles. The second kappa shape index (κ2) is 9.50. The molecule has 1 heterocycles. The lowest BCUT2D eigenvalue weighted by Crippen LogP contribution is -2.27. The van der Waals surface area contributed by atoms with Crippen LogP contribution in [0.25, 0.3) is 0 Å². The maximum absolute atomic E-state index is 5.46. The van der Waals surface area contributed by atoms with E-state index < -0.39 is 0 Å². The van der Waals surface area contributed by atoms with Gasteiger partial charge in [-0.25, -0.2) is 0 Å². The summed E-state index contributed by atoms with van der Waals surface area (Å²) in [5, 5.41) is 1.71. The standard InChI is InChI=1S/C20H23IN2O2S/c1-24-18-9-8-16(10-19(18)25-2)14-23(13-15-6-4-3-5-7-15)20-22-12-17(11-21)26-20/h3-10,17H,11-14H2,1-2H3/t17-/m0/s1. The van der Waals surface area contributed by atoms with Gasteiger partial charge in [-0.1, -0.05) is 70.8 Å². The molecule has 2 aromatic rings. The van der Waals surface area contributed by atoms with Crippen molar-refractivity contribution in [3.8, 4) is 11.5 Å². The van der Waals surface area contributed by atoms with Crippen LogP contribution in [0.3, 0.4) is 0 Å². The van der Waals surface area contributed by atoms with Crippen molar-refractivity contribution in [2.24, 2.45) is 4.99 Å². The highest BCUT2D eigenvalue weighted by Gasteiger charge is 2.23. The molecule has 6 heteroatoms. The lowest BCUT2D eigenvalue weighted by Gasteiger charge is -2.25. The van der Waals surface area contributed by atoms with E-state index in [0.717, 1.165) is 40.7 Å². The van der Waals surface area contributed by atoms with Gasteiger partial charge in [0.05, 0.1) is 20.8 Å². The number of hydrogen-bond donors (Lipinski definition) is 0. The van der Waals surface area contributed by atoms with Crippen molar-refractivity contribution in [2.45, 2.75) is 18.3 Å². The first kappa shape index (κ1) is 19.4. The number of rotatable bonds is 7. The minimum Gasteiger partial charge on any atom is -0.493 e. The van der Waals surface area contributed by atoms with Gasteiger partial charge >= 0.3 is 0 Å². The molecule has 0 unspecified atom stereocenters. The second-order valence-electron chi connectivity index (χ2n) is 6.05. The van der Waals surface area contributed by atoms with Gasteiger partial charge < -0.3 is 14.4 Å². The molecular weight excluding hydrogens is 459 g/mol. The third-order valence-electron chi connectivity index (χ3n) is 4.18. The van der Waals surface area contributed by atoms with Crippen LogP contribution in [0.1, 0.15) is 11.1 Å². The number of ether oxygens (including phenoxy) is 2. The third kappa shape index (κ3) is 4.85. The van der Waals surface area contributed by atoms with Gasteiger partial charge in [-0.15, -0.1) is 0 Å². The van der Waals surface area contributed by atoms with E-state index >= 15 is 0 Å². The summed E-state index contributed by atoms with van der Waals surface area (Å²) < 4.78 is 11.9. The number of amidine groups is 1. The molecule has 3 rings (SSSR count). The summed E-state index contributed by atoms with van der Waals surface area (Å²) in [6, 6.07) is 16.7. The molecule has 0 aliphatic carbocycles. The van der Waals surface area contributed by atoms with E-state index in [-0.39, 0.29) is 0 Å². The van der Waals surface area contributed by atoms with Crippen molar-refractivity contribution in [3.05, 3.63) is 59.7 Å². The van der Waals surface area contributed by atoms with Gasteiger partial charge in [0.1, 0.15) is 0 Å². The molecule has 0 fully saturated rings. The Morgan fingerprint density at radius 2 is 1.77 bits per heavy atom. The molecule has 0 radical (unpaired) electrons. The molecule has 0 saturated carbocycles. The van der Waals surface area contributed by atoms with Crippen LogP contribution in [0, 0.1) is 0 Å². The van der Waals surface area contributed by atoms with E-state index in [9.17, 15) is 0 Å². The number of nitrogens with zero attached hydrogens (tertiary/aromatic N) is 2. The van der Waals surface area contributed by atoms with E-state index in [4.69, 9.17) is 14.5 Å². The van der Waals surface area contributed by atoms with Crippen molar-refractivity contribution in [1.29, 1.82) is 0 Å². The topological polar surface area (TPSA) is 34.1 Å². The van der Waals surface area contributed by atoms with Crippen LogP contribution in [-0.4, -0.2) is 40.5 Å². The van der Waals surface area contributed by atoms with Gasteiger partial charge in [-0.2, -0.15) is 0 Å². The Bertz CT molecular complexity index is 755. The maximum atomic E-state index is 5.46. The number of alkyl halides is 1. The Kier molecular flexibility index (Phi) is 7.07. The normalized spacial score (nSPS) is 16.3. The van der Waals surface area contributed by atoms with Crippen LogP contribution < -0.4 is 9.47 Å². The second-order valence-corrected chi connectivity index (χ2v) is 8.20. The zero-order chi connectivity index (χ0) is 18.4. The number of halogens is 1. The van der Waals surface area contributed by atoms with Gasteiger partial charge in [-0.3, -0.25) is 4.99 Å². The Hall–Kier alpha value is -1.41. The molecule has 0 spiro atoms. The fraction of sp³-hybridized carbons (Fsp3) is 0.350. The molecule has 1 atom stereocenters. The first-order chi connectivity index (χ1) is 12.7. The summed E-state index contributed by atoms with van der Waals surface area (Å²) in [4.78, 5) is 7.16. The molecule has 26 heavy (non-hydrogen) atoms. The lowest BCUT2D eigenvalue weighted by atomic mass is 10.1. The van der Waals surface area contributed by atoms with Crippen LogP contribution >= 0.6 is 34.4 Å². The molecule has 0 amide bonds. The van der Waals surface area contributed by atoms with Crippen molar-refractivity contribution < 1.29 is 9.47 Å². The third-order valence-corrected chi connectivity index (χ3v) is 7.09. The van der Waals surface area contributed by atoms with Gasteiger partial charge in [-0.05, 0) is 23.3 Å². The highest BCUT2D eigenvalue weighted by Crippen LogP contribution is 2.30. The minimum atomic E-state index is 0.578. The largest absolute Gasteiger partial charge is 0.493 e. The summed E-state index contributed by atoms with van der Waals surface area (Å²) in [7, 11) is 3.33. The minimum absolute atomic E-state index is 0.578. The molecule has 1 aliphatic rings. The highest BCUT2D eigenvalue weighted by atomic mass is 127. The van der Waals surface area contributed by atoms with Gasteiger partial charge in [0.2, 0.25) is 0 Å². The maximum Gasteiger partial charge on any atom is 0.161 e. The van der Waals surface area contributed by atoms with Crippen molar-refractivity contribution in [2.75, 3.05) is 25.2 Å². The van der Waals surface area contributed by atoms with E-state index in [1.807, 2.05) is 23.9 Å². The molecule has 0 N–H and O–H groups in total. The Balaban J connectivity index is 1.81. The fourth-order valence-electron chi connectivity index (χ4n) is 2.85. The number of hydrogen-bond acceptors (Lipinski definition) is 5. The zero-order valence-corrected chi connectivity index (χ0v) is 18.0. The Morgan fingerprint density at radius 1 is 1.04 bits per heavy atom.